The van der Waals surface area contributed by atoms with Crippen LogP contribution in [0.25, 0.3) is 0 Å². The summed E-state index contributed by atoms with van der Waals surface area (Å²) >= 11 is 1.73. The van der Waals surface area contributed by atoms with Gasteiger partial charge in [0, 0.05) is 43.4 Å². The van der Waals surface area contributed by atoms with Crippen LogP contribution in [0.2, 0.25) is 0 Å². The molecule has 1 aliphatic carbocycles. The Balaban J connectivity index is 1.50. The Labute approximate surface area is 151 Å². The van der Waals surface area contributed by atoms with E-state index in [1.54, 1.807) is 23.2 Å². The molecular weight excluding hydrogens is 340 g/mol. The van der Waals surface area contributed by atoms with Crippen LogP contribution in [-0.4, -0.2) is 51.8 Å². The molecule has 2 amide bonds. The molecule has 1 atom stereocenters. The first-order chi connectivity index (χ1) is 12.0. The molecule has 1 aliphatic heterocycles. The van der Waals surface area contributed by atoms with Gasteiger partial charge < -0.3 is 14.9 Å². The first kappa shape index (κ1) is 17.9. The van der Waals surface area contributed by atoms with Gasteiger partial charge in [0.15, 0.2) is 0 Å². The molecule has 1 unspecified atom stereocenters. The standard InChI is InChI=1S/C18H24N2O4S/c1-12(18(23)24)10-20(14-2-3-14)17(22)5-4-16(21)19-8-6-15-13(11-19)7-9-25-15/h7,9,12,14H,2-6,8,10-11H2,1H3,(H,23,24). The van der Waals surface area contributed by atoms with Gasteiger partial charge in [-0.05, 0) is 36.3 Å². The summed E-state index contributed by atoms with van der Waals surface area (Å²) in [4.78, 5) is 40.8. The van der Waals surface area contributed by atoms with Gasteiger partial charge in [0.1, 0.15) is 0 Å². The van der Waals surface area contributed by atoms with Gasteiger partial charge in [-0.25, -0.2) is 0 Å². The van der Waals surface area contributed by atoms with Gasteiger partial charge in [0.25, 0.3) is 0 Å². The lowest BCUT2D eigenvalue weighted by Crippen LogP contribution is -2.40. The summed E-state index contributed by atoms with van der Waals surface area (Å²) in [6.45, 7) is 3.19. The Morgan fingerprint density at radius 2 is 2.12 bits per heavy atom. The highest BCUT2D eigenvalue weighted by Crippen LogP contribution is 2.29. The van der Waals surface area contributed by atoms with Crippen LogP contribution in [0.5, 0.6) is 0 Å². The summed E-state index contributed by atoms with van der Waals surface area (Å²) in [6.07, 6.45) is 3.10. The molecule has 7 heteroatoms. The highest BCUT2D eigenvalue weighted by molar-refractivity contribution is 7.10. The summed E-state index contributed by atoms with van der Waals surface area (Å²) in [5.41, 5.74) is 1.21. The van der Waals surface area contributed by atoms with Crippen molar-refractivity contribution in [2.75, 3.05) is 13.1 Å². The molecule has 1 saturated carbocycles. The normalized spacial score (nSPS) is 17.7. The van der Waals surface area contributed by atoms with Crippen LogP contribution in [0.15, 0.2) is 11.4 Å². The smallest absolute Gasteiger partial charge is 0.308 e. The number of carboxylic acid groups (broad SMARTS) is 1. The van der Waals surface area contributed by atoms with Crippen molar-refractivity contribution >= 4 is 29.1 Å². The van der Waals surface area contributed by atoms with Gasteiger partial charge in [-0.2, -0.15) is 0 Å². The number of carboxylic acids is 1. The van der Waals surface area contributed by atoms with E-state index in [0.717, 1.165) is 19.3 Å². The molecule has 2 aliphatic rings. The molecule has 3 rings (SSSR count). The van der Waals surface area contributed by atoms with Crippen molar-refractivity contribution in [3.05, 3.63) is 21.9 Å². The molecule has 2 heterocycles. The maximum atomic E-state index is 12.5. The van der Waals surface area contributed by atoms with Crippen LogP contribution in [0.3, 0.4) is 0 Å². The Morgan fingerprint density at radius 1 is 1.36 bits per heavy atom. The number of nitrogens with zero attached hydrogens (tertiary/aromatic N) is 2. The molecule has 1 fully saturated rings. The molecule has 0 spiro atoms. The van der Waals surface area contributed by atoms with Gasteiger partial charge >= 0.3 is 5.97 Å². The van der Waals surface area contributed by atoms with E-state index in [4.69, 9.17) is 5.11 Å². The fourth-order valence-corrected chi connectivity index (χ4v) is 4.08. The van der Waals surface area contributed by atoms with E-state index in [0.29, 0.717) is 13.1 Å². The van der Waals surface area contributed by atoms with E-state index in [1.165, 1.54) is 10.4 Å². The first-order valence-corrected chi connectivity index (χ1v) is 9.69. The van der Waals surface area contributed by atoms with Gasteiger partial charge in [0.2, 0.25) is 11.8 Å². The van der Waals surface area contributed by atoms with Crippen LogP contribution < -0.4 is 0 Å². The van der Waals surface area contributed by atoms with E-state index in [2.05, 4.69) is 11.4 Å². The number of carbonyl (C=O) groups is 3. The number of aliphatic carboxylic acids is 1. The van der Waals surface area contributed by atoms with Crippen LogP contribution in [0, 0.1) is 5.92 Å². The predicted octanol–water partition coefficient (Wildman–Crippen LogP) is 2.12. The zero-order chi connectivity index (χ0) is 18.0. The molecule has 0 aromatic carbocycles. The SMILES string of the molecule is CC(CN(C(=O)CCC(=O)N1CCc2sccc2C1)C1CC1)C(=O)O. The quantitative estimate of drug-likeness (QED) is 0.804. The second-order valence-electron chi connectivity index (χ2n) is 6.95. The molecule has 25 heavy (non-hydrogen) atoms. The lowest BCUT2D eigenvalue weighted by molar-refractivity contribution is -0.144. The van der Waals surface area contributed by atoms with Crippen molar-refractivity contribution in [2.45, 2.75) is 51.6 Å². The highest BCUT2D eigenvalue weighted by Gasteiger charge is 2.34. The van der Waals surface area contributed by atoms with E-state index < -0.39 is 11.9 Å². The lowest BCUT2D eigenvalue weighted by atomic mass is 10.1. The topological polar surface area (TPSA) is 77.9 Å². The van der Waals surface area contributed by atoms with Crippen LogP contribution >= 0.6 is 11.3 Å². The number of carbonyl (C=O) groups excluding carboxylic acids is 2. The largest absolute Gasteiger partial charge is 0.481 e. The summed E-state index contributed by atoms with van der Waals surface area (Å²) < 4.78 is 0. The number of thiophene rings is 1. The number of hydrogen-bond acceptors (Lipinski definition) is 4. The van der Waals surface area contributed by atoms with Crippen molar-refractivity contribution in [1.82, 2.24) is 9.80 Å². The molecule has 0 bridgehead atoms. The third-order valence-corrected chi connectivity index (χ3v) is 5.94. The third kappa shape index (κ3) is 4.39. The molecule has 136 valence electrons. The van der Waals surface area contributed by atoms with E-state index >= 15 is 0 Å². The lowest BCUT2D eigenvalue weighted by Gasteiger charge is -2.28. The molecule has 6 nitrogen and oxygen atoms in total. The Kier molecular flexibility index (Phi) is 5.42. The summed E-state index contributed by atoms with van der Waals surface area (Å²) in [6, 6.07) is 2.22. The highest BCUT2D eigenvalue weighted by atomic mass is 32.1. The second kappa shape index (κ2) is 7.56. The molecule has 1 aromatic rings. The average molecular weight is 364 g/mol. The maximum absolute atomic E-state index is 12.5. The predicted molar refractivity (Wildman–Crippen MR) is 94.2 cm³/mol. The Bertz CT molecular complexity index is 668. The van der Waals surface area contributed by atoms with E-state index in [9.17, 15) is 14.4 Å². The second-order valence-corrected chi connectivity index (χ2v) is 7.95. The number of amides is 2. The zero-order valence-electron chi connectivity index (χ0n) is 14.4. The number of hydrogen-bond donors (Lipinski definition) is 1. The minimum absolute atomic E-state index is 0.00669. The van der Waals surface area contributed by atoms with Crippen LogP contribution in [0.1, 0.15) is 43.0 Å². The van der Waals surface area contributed by atoms with Crippen molar-refractivity contribution < 1.29 is 19.5 Å². The number of rotatable bonds is 7. The molecule has 0 radical (unpaired) electrons. The van der Waals surface area contributed by atoms with Crippen LogP contribution in [0.4, 0.5) is 0 Å². The summed E-state index contributed by atoms with van der Waals surface area (Å²) in [5.74, 6) is -1.57. The van der Waals surface area contributed by atoms with E-state index in [-0.39, 0.29) is 37.2 Å². The minimum atomic E-state index is -0.894. The summed E-state index contributed by atoms with van der Waals surface area (Å²) in [7, 11) is 0. The van der Waals surface area contributed by atoms with Gasteiger partial charge in [-0.1, -0.05) is 6.92 Å². The van der Waals surface area contributed by atoms with Crippen molar-refractivity contribution in [3.8, 4) is 0 Å². The van der Waals surface area contributed by atoms with Gasteiger partial charge in [-0.15, -0.1) is 11.3 Å². The van der Waals surface area contributed by atoms with Crippen molar-refractivity contribution in [3.63, 3.8) is 0 Å². The Morgan fingerprint density at radius 3 is 2.80 bits per heavy atom. The minimum Gasteiger partial charge on any atom is -0.481 e. The van der Waals surface area contributed by atoms with Crippen molar-refractivity contribution in [2.24, 2.45) is 5.92 Å². The van der Waals surface area contributed by atoms with Gasteiger partial charge in [-0.3, -0.25) is 14.4 Å². The molecule has 1 aromatic heterocycles. The Hall–Kier alpha value is -1.89. The van der Waals surface area contributed by atoms with E-state index in [1.807, 2.05) is 4.90 Å². The zero-order valence-corrected chi connectivity index (χ0v) is 15.3. The van der Waals surface area contributed by atoms with Crippen LogP contribution in [-0.2, 0) is 27.3 Å². The molecular formula is C18H24N2O4S. The molecule has 0 saturated heterocycles. The number of fused-ring (bicyclic) bond motifs is 1. The fraction of sp³-hybridized carbons (Fsp3) is 0.611. The first-order valence-electron chi connectivity index (χ1n) is 8.81. The maximum Gasteiger partial charge on any atom is 0.308 e. The third-order valence-electron chi connectivity index (χ3n) is 4.91. The summed E-state index contributed by atoms with van der Waals surface area (Å²) in [5, 5.41) is 11.1. The molecule has 1 N–H and O–H groups in total. The fourth-order valence-electron chi connectivity index (χ4n) is 3.19. The van der Waals surface area contributed by atoms with Crippen molar-refractivity contribution in [1.29, 1.82) is 0 Å². The monoisotopic (exact) mass is 364 g/mol. The average Bonchev–Trinajstić information content (AvgIpc) is 3.32. The van der Waals surface area contributed by atoms with Gasteiger partial charge in [0.05, 0.1) is 5.92 Å².